The van der Waals surface area contributed by atoms with Crippen LogP contribution in [0, 0.1) is 19.7 Å². The number of aliphatic hydroxyl groups excluding tert-OH is 1. The maximum absolute atomic E-state index is 13.4. The summed E-state index contributed by atoms with van der Waals surface area (Å²) in [5.41, 5.74) is 2.34. The Morgan fingerprint density at radius 2 is 2.00 bits per heavy atom. The van der Waals surface area contributed by atoms with Crippen molar-refractivity contribution in [2.24, 2.45) is 0 Å². The summed E-state index contributed by atoms with van der Waals surface area (Å²) in [4.78, 5) is 0. The standard InChI is InChI=1S/C13H18FNO2/c1-8-3-10(4-9(2)13(8)14)5-15-11-6-17-7-12(11)16/h3-4,11-12,15-16H,5-7H2,1-2H3. The van der Waals surface area contributed by atoms with Crippen LogP contribution in [0.15, 0.2) is 12.1 Å². The molecule has 1 aromatic rings. The third-order valence-electron chi connectivity index (χ3n) is 3.12. The van der Waals surface area contributed by atoms with Crippen molar-refractivity contribution < 1.29 is 14.2 Å². The Hall–Kier alpha value is -0.970. The van der Waals surface area contributed by atoms with Gasteiger partial charge < -0.3 is 15.2 Å². The Balaban J connectivity index is 1.99. The predicted molar refractivity (Wildman–Crippen MR) is 63.3 cm³/mol. The lowest BCUT2D eigenvalue weighted by atomic mass is 10.1. The highest BCUT2D eigenvalue weighted by Gasteiger charge is 2.25. The normalized spacial score (nSPS) is 24.2. The summed E-state index contributed by atoms with van der Waals surface area (Å²) >= 11 is 0. The molecule has 1 aromatic carbocycles. The molecule has 0 bridgehead atoms. The maximum Gasteiger partial charge on any atom is 0.129 e. The van der Waals surface area contributed by atoms with Crippen molar-refractivity contribution in [2.45, 2.75) is 32.5 Å². The molecule has 3 nitrogen and oxygen atoms in total. The van der Waals surface area contributed by atoms with E-state index in [0.29, 0.717) is 30.9 Å². The van der Waals surface area contributed by atoms with E-state index in [1.807, 2.05) is 12.1 Å². The molecule has 1 heterocycles. The summed E-state index contributed by atoms with van der Waals surface area (Å²) in [7, 11) is 0. The number of aryl methyl sites for hydroxylation is 2. The molecule has 2 N–H and O–H groups in total. The third-order valence-corrected chi connectivity index (χ3v) is 3.12. The molecular weight excluding hydrogens is 221 g/mol. The fourth-order valence-electron chi connectivity index (χ4n) is 2.12. The second-order valence-electron chi connectivity index (χ2n) is 4.64. The van der Waals surface area contributed by atoms with Gasteiger partial charge in [-0.3, -0.25) is 0 Å². The first kappa shape index (κ1) is 12.5. The Morgan fingerprint density at radius 3 is 2.53 bits per heavy atom. The minimum Gasteiger partial charge on any atom is -0.389 e. The highest BCUT2D eigenvalue weighted by atomic mass is 19.1. The highest BCUT2D eigenvalue weighted by molar-refractivity contribution is 5.30. The van der Waals surface area contributed by atoms with Crippen LogP contribution in [-0.4, -0.2) is 30.5 Å². The summed E-state index contributed by atoms with van der Waals surface area (Å²) in [6.45, 7) is 5.06. The monoisotopic (exact) mass is 239 g/mol. The van der Waals surface area contributed by atoms with E-state index >= 15 is 0 Å². The largest absolute Gasteiger partial charge is 0.389 e. The van der Waals surface area contributed by atoms with Crippen molar-refractivity contribution in [1.29, 1.82) is 0 Å². The highest BCUT2D eigenvalue weighted by Crippen LogP contribution is 2.15. The summed E-state index contributed by atoms with van der Waals surface area (Å²) < 4.78 is 18.6. The first-order valence-corrected chi connectivity index (χ1v) is 5.82. The molecule has 1 saturated heterocycles. The van der Waals surface area contributed by atoms with Gasteiger partial charge in [-0.15, -0.1) is 0 Å². The molecule has 0 amide bonds. The Bertz CT molecular complexity index is 385. The topological polar surface area (TPSA) is 41.5 Å². The minimum absolute atomic E-state index is 0.0272. The van der Waals surface area contributed by atoms with E-state index in [2.05, 4.69) is 5.32 Å². The average Bonchev–Trinajstić information content (AvgIpc) is 2.69. The lowest BCUT2D eigenvalue weighted by molar-refractivity contribution is 0.122. The number of hydrogen-bond acceptors (Lipinski definition) is 3. The van der Waals surface area contributed by atoms with Crippen LogP contribution >= 0.6 is 0 Å². The van der Waals surface area contributed by atoms with Gasteiger partial charge in [0, 0.05) is 6.54 Å². The molecule has 2 atom stereocenters. The zero-order valence-corrected chi connectivity index (χ0v) is 10.2. The molecule has 1 aliphatic heterocycles. The van der Waals surface area contributed by atoms with Gasteiger partial charge >= 0.3 is 0 Å². The summed E-state index contributed by atoms with van der Waals surface area (Å²) in [5.74, 6) is -0.141. The molecule has 0 saturated carbocycles. The van der Waals surface area contributed by atoms with E-state index in [4.69, 9.17) is 4.74 Å². The van der Waals surface area contributed by atoms with Gasteiger partial charge in [-0.2, -0.15) is 0 Å². The van der Waals surface area contributed by atoms with Gasteiger partial charge in [-0.05, 0) is 30.5 Å². The number of ether oxygens (including phenoxy) is 1. The lowest BCUT2D eigenvalue weighted by Gasteiger charge is -2.15. The molecule has 0 aliphatic carbocycles. The fourth-order valence-corrected chi connectivity index (χ4v) is 2.12. The van der Waals surface area contributed by atoms with Crippen LogP contribution in [0.2, 0.25) is 0 Å². The van der Waals surface area contributed by atoms with Gasteiger partial charge in [0.15, 0.2) is 0 Å². The van der Waals surface area contributed by atoms with E-state index in [1.54, 1.807) is 13.8 Å². The molecule has 4 heteroatoms. The molecule has 1 fully saturated rings. The predicted octanol–water partition coefficient (Wildman–Crippen LogP) is 1.29. The zero-order chi connectivity index (χ0) is 12.4. The van der Waals surface area contributed by atoms with E-state index in [0.717, 1.165) is 5.56 Å². The average molecular weight is 239 g/mol. The number of rotatable bonds is 3. The molecule has 1 aliphatic rings. The smallest absolute Gasteiger partial charge is 0.129 e. The number of nitrogens with one attached hydrogen (secondary N) is 1. The lowest BCUT2D eigenvalue weighted by Crippen LogP contribution is -2.38. The van der Waals surface area contributed by atoms with Gasteiger partial charge in [0.25, 0.3) is 0 Å². The molecule has 2 unspecified atom stereocenters. The number of benzene rings is 1. The Kier molecular flexibility index (Phi) is 3.76. The second kappa shape index (κ2) is 5.12. The van der Waals surface area contributed by atoms with Crippen molar-refractivity contribution in [1.82, 2.24) is 5.32 Å². The molecule has 17 heavy (non-hydrogen) atoms. The van der Waals surface area contributed by atoms with Crippen LogP contribution in [0.3, 0.4) is 0 Å². The summed E-state index contributed by atoms with van der Waals surface area (Å²) in [5, 5.41) is 12.8. The van der Waals surface area contributed by atoms with Crippen molar-refractivity contribution in [3.05, 3.63) is 34.6 Å². The minimum atomic E-state index is -0.447. The van der Waals surface area contributed by atoms with Gasteiger partial charge in [0.2, 0.25) is 0 Å². The van der Waals surface area contributed by atoms with Gasteiger partial charge in [0.1, 0.15) is 5.82 Å². The van der Waals surface area contributed by atoms with Crippen LogP contribution in [0.4, 0.5) is 4.39 Å². The summed E-state index contributed by atoms with van der Waals surface area (Å²) in [6, 6.07) is 3.63. The van der Waals surface area contributed by atoms with Crippen molar-refractivity contribution >= 4 is 0 Å². The molecule has 0 aromatic heterocycles. The summed E-state index contributed by atoms with van der Waals surface area (Å²) in [6.07, 6.45) is -0.447. The van der Waals surface area contributed by atoms with Crippen molar-refractivity contribution in [3.63, 3.8) is 0 Å². The maximum atomic E-state index is 13.4. The first-order chi connectivity index (χ1) is 8.08. The fraction of sp³-hybridized carbons (Fsp3) is 0.538. The van der Waals surface area contributed by atoms with E-state index in [-0.39, 0.29) is 11.9 Å². The van der Waals surface area contributed by atoms with E-state index in [9.17, 15) is 9.50 Å². The van der Waals surface area contributed by atoms with E-state index < -0.39 is 6.10 Å². The molecule has 94 valence electrons. The number of aliphatic hydroxyl groups is 1. The zero-order valence-electron chi connectivity index (χ0n) is 10.2. The van der Waals surface area contributed by atoms with Crippen LogP contribution < -0.4 is 5.32 Å². The van der Waals surface area contributed by atoms with Crippen LogP contribution in [0.1, 0.15) is 16.7 Å². The quantitative estimate of drug-likeness (QED) is 0.835. The van der Waals surface area contributed by atoms with Gasteiger partial charge in [-0.25, -0.2) is 4.39 Å². The van der Waals surface area contributed by atoms with E-state index in [1.165, 1.54) is 0 Å². The SMILES string of the molecule is Cc1cc(CNC2COCC2O)cc(C)c1F. The van der Waals surface area contributed by atoms with Crippen LogP contribution in [-0.2, 0) is 11.3 Å². The van der Waals surface area contributed by atoms with Crippen molar-refractivity contribution in [2.75, 3.05) is 13.2 Å². The third kappa shape index (κ3) is 2.83. The molecule has 2 rings (SSSR count). The van der Waals surface area contributed by atoms with Crippen LogP contribution in [0.25, 0.3) is 0 Å². The molecule has 0 radical (unpaired) electrons. The number of halogens is 1. The number of hydrogen-bond donors (Lipinski definition) is 2. The second-order valence-corrected chi connectivity index (χ2v) is 4.64. The van der Waals surface area contributed by atoms with Gasteiger partial charge in [-0.1, -0.05) is 12.1 Å². The molecular formula is C13H18FNO2. The van der Waals surface area contributed by atoms with Crippen molar-refractivity contribution in [3.8, 4) is 0 Å². The molecule has 0 spiro atoms. The van der Waals surface area contributed by atoms with Crippen LogP contribution in [0.5, 0.6) is 0 Å². The Morgan fingerprint density at radius 1 is 1.35 bits per heavy atom. The first-order valence-electron chi connectivity index (χ1n) is 5.82. The Labute approximate surface area is 101 Å². The van der Waals surface area contributed by atoms with Gasteiger partial charge in [0.05, 0.1) is 25.4 Å².